The summed E-state index contributed by atoms with van der Waals surface area (Å²) in [5, 5.41) is 5.43. The van der Waals surface area contributed by atoms with Crippen LogP contribution in [0.2, 0.25) is 10.0 Å². The average Bonchev–Trinajstić information content (AvgIpc) is 2.57. The standard InChI is InChI=1S/C17H13Cl2N3O/c18-13-6-5-10(7-14(13)19)16(20)17(23)22-15-9-21-8-11-3-1-2-4-12(11)15/h1-9,16H,20H2,(H,22,23)/t16-/m1/s1. The number of anilines is 1. The van der Waals surface area contributed by atoms with Crippen LogP contribution in [-0.2, 0) is 4.79 Å². The molecule has 0 aliphatic rings. The minimum atomic E-state index is -0.858. The number of rotatable bonds is 3. The van der Waals surface area contributed by atoms with E-state index < -0.39 is 6.04 Å². The Kier molecular flexibility index (Phi) is 4.48. The molecule has 0 aliphatic carbocycles. The molecule has 1 atom stereocenters. The molecule has 4 nitrogen and oxygen atoms in total. The summed E-state index contributed by atoms with van der Waals surface area (Å²) < 4.78 is 0. The predicted octanol–water partition coefficient (Wildman–Crippen LogP) is 4.18. The zero-order valence-electron chi connectivity index (χ0n) is 12.0. The molecule has 3 aromatic rings. The van der Waals surface area contributed by atoms with Crippen LogP contribution in [0.25, 0.3) is 10.8 Å². The van der Waals surface area contributed by atoms with E-state index in [1.165, 1.54) is 0 Å². The summed E-state index contributed by atoms with van der Waals surface area (Å²) >= 11 is 11.9. The van der Waals surface area contributed by atoms with Crippen molar-refractivity contribution in [1.82, 2.24) is 4.98 Å². The number of benzene rings is 2. The van der Waals surface area contributed by atoms with E-state index in [1.54, 1.807) is 30.6 Å². The number of nitrogens with zero attached hydrogens (tertiary/aromatic N) is 1. The normalized spacial score (nSPS) is 12.1. The van der Waals surface area contributed by atoms with Crippen LogP contribution in [0.4, 0.5) is 5.69 Å². The van der Waals surface area contributed by atoms with Crippen molar-refractivity contribution in [3.63, 3.8) is 0 Å². The van der Waals surface area contributed by atoms with Gasteiger partial charge in [-0.05, 0) is 17.7 Å². The van der Waals surface area contributed by atoms with Crippen molar-refractivity contribution in [1.29, 1.82) is 0 Å². The molecule has 0 fully saturated rings. The second-order valence-corrected chi connectivity index (χ2v) is 5.86. The summed E-state index contributed by atoms with van der Waals surface area (Å²) in [5.74, 6) is -0.346. The first-order chi connectivity index (χ1) is 11.1. The summed E-state index contributed by atoms with van der Waals surface area (Å²) in [5.41, 5.74) is 7.22. The van der Waals surface area contributed by atoms with Crippen LogP contribution in [-0.4, -0.2) is 10.9 Å². The quantitative estimate of drug-likeness (QED) is 0.748. The lowest BCUT2D eigenvalue weighted by atomic mass is 10.1. The fraction of sp³-hybridized carbons (Fsp3) is 0.0588. The average molecular weight is 346 g/mol. The highest BCUT2D eigenvalue weighted by molar-refractivity contribution is 6.42. The number of halogens is 2. The van der Waals surface area contributed by atoms with Crippen LogP contribution >= 0.6 is 23.2 Å². The maximum atomic E-state index is 12.4. The Labute approximate surface area is 143 Å². The van der Waals surface area contributed by atoms with Gasteiger partial charge in [0, 0.05) is 17.0 Å². The highest BCUT2D eigenvalue weighted by atomic mass is 35.5. The van der Waals surface area contributed by atoms with Crippen LogP contribution in [0.5, 0.6) is 0 Å². The van der Waals surface area contributed by atoms with Gasteiger partial charge in [0.15, 0.2) is 0 Å². The highest BCUT2D eigenvalue weighted by Crippen LogP contribution is 2.26. The molecule has 3 N–H and O–H groups in total. The number of pyridine rings is 1. The summed E-state index contributed by atoms with van der Waals surface area (Å²) in [6.45, 7) is 0. The van der Waals surface area contributed by atoms with Crippen molar-refractivity contribution in [3.05, 3.63) is 70.5 Å². The number of carbonyl (C=O) groups excluding carboxylic acids is 1. The van der Waals surface area contributed by atoms with Crippen molar-refractivity contribution in [2.75, 3.05) is 5.32 Å². The maximum Gasteiger partial charge on any atom is 0.245 e. The van der Waals surface area contributed by atoms with Crippen molar-refractivity contribution < 1.29 is 4.79 Å². The predicted molar refractivity (Wildman–Crippen MR) is 93.8 cm³/mol. The lowest BCUT2D eigenvalue weighted by Gasteiger charge is -2.14. The van der Waals surface area contributed by atoms with E-state index in [1.807, 2.05) is 24.3 Å². The molecule has 23 heavy (non-hydrogen) atoms. The van der Waals surface area contributed by atoms with Gasteiger partial charge < -0.3 is 11.1 Å². The second-order valence-electron chi connectivity index (χ2n) is 5.05. The van der Waals surface area contributed by atoms with E-state index in [0.717, 1.165) is 10.8 Å². The first-order valence-corrected chi connectivity index (χ1v) is 7.66. The molecule has 6 heteroatoms. The zero-order valence-corrected chi connectivity index (χ0v) is 13.5. The molecule has 2 aromatic carbocycles. The van der Waals surface area contributed by atoms with Gasteiger partial charge >= 0.3 is 0 Å². The molecule has 116 valence electrons. The summed E-state index contributed by atoms with van der Waals surface area (Å²) in [4.78, 5) is 16.5. The van der Waals surface area contributed by atoms with Crippen molar-refractivity contribution in [3.8, 4) is 0 Å². The minimum absolute atomic E-state index is 0.346. The van der Waals surface area contributed by atoms with Crippen LogP contribution in [0.3, 0.4) is 0 Å². The lowest BCUT2D eigenvalue weighted by Crippen LogP contribution is -2.27. The molecule has 0 aliphatic heterocycles. The molecule has 0 unspecified atom stereocenters. The Balaban J connectivity index is 1.86. The fourth-order valence-corrected chi connectivity index (χ4v) is 2.59. The number of hydrogen-bond acceptors (Lipinski definition) is 3. The molecule has 3 rings (SSSR count). The molecule has 0 radical (unpaired) electrons. The number of hydrogen-bond donors (Lipinski definition) is 2. The van der Waals surface area contributed by atoms with E-state index in [0.29, 0.717) is 21.3 Å². The molecule has 0 saturated carbocycles. The van der Waals surface area contributed by atoms with Gasteiger partial charge in [-0.2, -0.15) is 0 Å². The van der Waals surface area contributed by atoms with Gasteiger partial charge in [-0.15, -0.1) is 0 Å². The van der Waals surface area contributed by atoms with Gasteiger partial charge in [0.1, 0.15) is 6.04 Å². The number of carbonyl (C=O) groups is 1. The minimum Gasteiger partial charge on any atom is -0.323 e. The SMILES string of the molecule is N[C@@H](C(=O)Nc1cncc2ccccc12)c1ccc(Cl)c(Cl)c1. The van der Waals surface area contributed by atoms with Gasteiger partial charge in [-0.1, -0.05) is 53.5 Å². The molecule has 0 bridgehead atoms. The Morgan fingerprint density at radius 1 is 1.09 bits per heavy atom. The van der Waals surface area contributed by atoms with Gasteiger partial charge in [0.25, 0.3) is 0 Å². The number of nitrogens with one attached hydrogen (secondary N) is 1. The monoisotopic (exact) mass is 345 g/mol. The molecule has 1 aromatic heterocycles. The molecule has 0 saturated heterocycles. The van der Waals surface area contributed by atoms with Crippen molar-refractivity contribution in [2.45, 2.75) is 6.04 Å². The number of nitrogens with two attached hydrogens (primary N) is 1. The first-order valence-electron chi connectivity index (χ1n) is 6.90. The molecular weight excluding hydrogens is 333 g/mol. The van der Waals surface area contributed by atoms with Crippen LogP contribution in [0, 0.1) is 0 Å². The Bertz CT molecular complexity index is 877. The third kappa shape index (κ3) is 3.29. The van der Waals surface area contributed by atoms with Gasteiger partial charge in [-0.3, -0.25) is 9.78 Å². The molecule has 0 spiro atoms. The highest BCUT2D eigenvalue weighted by Gasteiger charge is 2.18. The third-order valence-electron chi connectivity index (χ3n) is 3.51. The lowest BCUT2D eigenvalue weighted by molar-refractivity contribution is -0.117. The van der Waals surface area contributed by atoms with Crippen LogP contribution in [0.1, 0.15) is 11.6 Å². The van der Waals surface area contributed by atoms with Crippen LogP contribution in [0.15, 0.2) is 54.9 Å². The van der Waals surface area contributed by atoms with E-state index in [9.17, 15) is 4.79 Å². The fourth-order valence-electron chi connectivity index (χ4n) is 2.28. The Hall–Kier alpha value is -2.14. The van der Waals surface area contributed by atoms with E-state index in [4.69, 9.17) is 28.9 Å². The van der Waals surface area contributed by atoms with Crippen LogP contribution < -0.4 is 11.1 Å². The Morgan fingerprint density at radius 2 is 1.87 bits per heavy atom. The number of aromatic nitrogens is 1. The zero-order chi connectivity index (χ0) is 16.4. The molecule has 1 heterocycles. The second kappa shape index (κ2) is 6.54. The largest absolute Gasteiger partial charge is 0.323 e. The van der Waals surface area contributed by atoms with Gasteiger partial charge in [0.2, 0.25) is 5.91 Å². The summed E-state index contributed by atoms with van der Waals surface area (Å²) in [6.07, 6.45) is 3.34. The van der Waals surface area contributed by atoms with Crippen molar-refractivity contribution in [2.24, 2.45) is 5.73 Å². The molecular formula is C17H13Cl2N3O. The first kappa shape index (κ1) is 15.7. The number of fused-ring (bicyclic) bond motifs is 1. The van der Waals surface area contributed by atoms with Gasteiger partial charge in [-0.25, -0.2) is 0 Å². The van der Waals surface area contributed by atoms with Gasteiger partial charge in [0.05, 0.1) is 21.9 Å². The van der Waals surface area contributed by atoms with E-state index in [2.05, 4.69) is 10.3 Å². The third-order valence-corrected chi connectivity index (χ3v) is 4.25. The summed E-state index contributed by atoms with van der Waals surface area (Å²) in [6, 6.07) is 11.7. The number of amides is 1. The van der Waals surface area contributed by atoms with E-state index >= 15 is 0 Å². The molecule has 1 amide bonds. The van der Waals surface area contributed by atoms with Crippen molar-refractivity contribution >= 4 is 45.6 Å². The summed E-state index contributed by atoms with van der Waals surface area (Å²) in [7, 11) is 0. The smallest absolute Gasteiger partial charge is 0.245 e. The Morgan fingerprint density at radius 3 is 2.65 bits per heavy atom. The maximum absolute atomic E-state index is 12.4. The van der Waals surface area contributed by atoms with E-state index in [-0.39, 0.29) is 5.91 Å². The topological polar surface area (TPSA) is 68.0 Å².